The monoisotopic (exact) mass is 225 g/mol. The van der Waals surface area contributed by atoms with Crippen LogP contribution in [-0.4, -0.2) is 33.8 Å². The van der Waals surface area contributed by atoms with Crippen LogP contribution in [0.25, 0.3) is 0 Å². The third kappa shape index (κ3) is 3.30. The summed E-state index contributed by atoms with van der Waals surface area (Å²) in [5.74, 6) is 1.55. The molecular weight excluding hydrogens is 206 g/mol. The second-order valence-corrected chi connectivity index (χ2v) is 3.45. The lowest BCUT2D eigenvalue weighted by molar-refractivity contribution is -0.121. The predicted octanol–water partition coefficient (Wildman–Crippen LogP) is -0.522. The lowest BCUT2D eigenvalue weighted by Crippen LogP contribution is -2.32. The van der Waals surface area contributed by atoms with Crippen molar-refractivity contribution in [1.29, 1.82) is 0 Å². The summed E-state index contributed by atoms with van der Waals surface area (Å²) in [5, 5.41) is 6.97. The summed E-state index contributed by atoms with van der Waals surface area (Å²) in [4.78, 5) is 15.8. The van der Waals surface area contributed by atoms with E-state index in [9.17, 15) is 4.79 Å². The van der Waals surface area contributed by atoms with E-state index in [0.29, 0.717) is 13.1 Å². The van der Waals surface area contributed by atoms with Gasteiger partial charge < -0.3 is 11.1 Å². The van der Waals surface area contributed by atoms with E-state index in [4.69, 9.17) is 5.73 Å². The summed E-state index contributed by atoms with van der Waals surface area (Å²) in [6.45, 7) is 5.15. The Labute approximate surface area is 95.2 Å². The second kappa shape index (κ2) is 6.22. The Hall–Kier alpha value is -1.43. The third-order valence-electron chi connectivity index (χ3n) is 2.18. The molecule has 0 spiro atoms. The van der Waals surface area contributed by atoms with Crippen molar-refractivity contribution in [2.75, 3.05) is 13.1 Å². The highest BCUT2D eigenvalue weighted by Crippen LogP contribution is 2.00. The highest BCUT2D eigenvalue weighted by molar-refractivity contribution is 5.75. The van der Waals surface area contributed by atoms with E-state index in [1.807, 2.05) is 13.8 Å². The van der Waals surface area contributed by atoms with Gasteiger partial charge in [-0.2, -0.15) is 5.10 Å². The fourth-order valence-corrected chi connectivity index (χ4v) is 1.37. The van der Waals surface area contributed by atoms with Gasteiger partial charge in [-0.05, 0) is 0 Å². The predicted molar refractivity (Wildman–Crippen MR) is 60.8 cm³/mol. The Morgan fingerprint density at radius 1 is 1.44 bits per heavy atom. The van der Waals surface area contributed by atoms with Gasteiger partial charge in [-0.25, -0.2) is 9.67 Å². The molecule has 0 aliphatic rings. The van der Waals surface area contributed by atoms with Gasteiger partial charge in [0.25, 0.3) is 0 Å². The summed E-state index contributed by atoms with van der Waals surface area (Å²) in [5.41, 5.74) is 5.30. The normalized spacial score (nSPS) is 10.4. The van der Waals surface area contributed by atoms with E-state index in [1.165, 1.54) is 0 Å². The van der Waals surface area contributed by atoms with Crippen molar-refractivity contribution in [2.45, 2.75) is 33.2 Å². The molecule has 0 unspecified atom stereocenters. The molecule has 0 atom stereocenters. The van der Waals surface area contributed by atoms with Crippen molar-refractivity contribution in [3.63, 3.8) is 0 Å². The summed E-state index contributed by atoms with van der Waals surface area (Å²) in [7, 11) is 0. The Morgan fingerprint density at radius 2 is 2.19 bits per heavy atom. The molecule has 0 aliphatic heterocycles. The fraction of sp³-hybridized carbons (Fsp3) is 0.700. The molecule has 1 amide bonds. The smallest absolute Gasteiger partial charge is 0.241 e. The van der Waals surface area contributed by atoms with Gasteiger partial charge in [0.05, 0.1) is 0 Å². The first kappa shape index (κ1) is 12.6. The number of rotatable bonds is 6. The van der Waals surface area contributed by atoms with Gasteiger partial charge in [-0.3, -0.25) is 4.79 Å². The largest absolute Gasteiger partial charge is 0.353 e. The molecule has 0 aliphatic carbocycles. The molecule has 0 aromatic carbocycles. The summed E-state index contributed by atoms with van der Waals surface area (Å²) < 4.78 is 1.66. The number of amides is 1. The Bertz CT molecular complexity index is 347. The molecule has 1 aromatic heterocycles. The van der Waals surface area contributed by atoms with E-state index in [0.717, 1.165) is 24.5 Å². The quantitative estimate of drug-likeness (QED) is 0.682. The molecule has 1 rings (SSSR count). The van der Waals surface area contributed by atoms with E-state index < -0.39 is 0 Å². The topological polar surface area (TPSA) is 85.8 Å². The third-order valence-corrected chi connectivity index (χ3v) is 2.18. The number of hydrogen-bond donors (Lipinski definition) is 2. The molecule has 16 heavy (non-hydrogen) atoms. The zero-order valence-electron chi connectivity index (χ0n) is 9.86. The number of nitrogens with two attached hydrogens (primary N) is 1. The Kier molecular flexibility index (Phi) is 4.91. The standard InChI is InChI=1S/C10H19N5O/c1-3-8-13-9(4-2)15(14-8)7-10(16)12-6-5-11/h3-7,11H2,1-2H3,(H,12,16). The van der Waals surface area contributed by atoms with Crippen molar-refractivity contribution >= 4 is 5.91 Å². The van der Waals surface area contributed by atoms with E-state index in [1.54, 1.807) is 4.68 Å². The van der Waals surface area contributed by atoms with Gasteiger partial charge >= 0.3 is 0 Å². The van der Waals surface area contributed by atoms with Gasteiger partial charge in [0.1, 0.15) is 12.4 Å². The molecule has 1 heterocycles. The maximum absolute atomic E-state index is 11.5. The fourth-order valence-electron chi connectivity index (χ4n) is 1.37. The van der Waals surface area contributed by atoms with Crippen molar-refractivity contribution in [3.8, 4) is 0 Å². The first-order valence-electron chi connectivity index (χ1n) is 5.60. The molecule has 6 heteroatoms. The van der Waals surface area contributed by atoms with Gasteiger partial charge in [-0.15, -0.1) is 0 Å². The number of nitrogens with one attached hydrogen (secondary N) is 1. The summed E-state index contributed by atoms with van der Waals surface area (Å²) in [6.07, 6.45) is 1.56. The number of nitrogens with zero attached hydrogens (tertiary/aromatic N) is 3. The first-order chi connectivity index (χ1) is 7.71. The van der Waals surface area contributed by atoms with Gasteiger partial charge in [0, 0.05) is 25.9 Å². The molecule has 1 aromatic rings. The van der Waals surface area contributed by atoms with E-state index in [-0.39, 0.29) is 12.5 Å². The summed E-state index contributed by atoms with van der Waals surface area (Å²) in [6, 6.07) is 0. The lowest BCUT2D eigenvalue weighted by Gasteiger charge is -2.05. The van der Waals surface area contributed by atoms with Crippen LogP contribution in [0.5, 0.6) is 0 Å². The minimum Gasteiger partial charge on any atom is -0.353 e. The lowest BCUT2D eigenvalue weighted by atomic mass is 10.4. The van der Waals surface area contributed by atoms with Crippen molar-refractivity contribution in [1.82, 2.24) is 20.1 Å². The zero-order chi connectivity index (χ0) is 12.0. The second-order valence-electron chi connectivity index (χ2n) is 3.45. The minimum absolute atomic E-state index is 0.0762. The van der Waals surface area contributed by atoms with Crippen LogP contribution in [0.4, 0.5) is 0 Å². The van der Waals surface area contributed by atoms with Crippen molar-refractivity contribution in [3.05, 3.63) is 11.6 Å². The van der Waals surface area contributed by atoms with Gasteiger partial charge in [-0.1, -0.05) is 13.8 Å². The van der Waals surface area contributed by atoms with Crippen molar-refractivity contribution < 1.29 is 4.79 Å². The van der Waals surface area contributed by atoms with Crippen LogP contribution in [0.3, 0.4) is 0 Å². The van der Waals surface area contributed by atoms with Crippen LogP contribution in [0, 0.1) is 0 Å². The van der Waals surface area contributed by atoms with E-state index in [2.05, 4.69) is 15.4 Å². The van der Waals surface area contributed by atoms with Crippen LogP contribution in [0.15, 0.2) is 0 Å². The number of aromatic nitrogens is 3. The zero-order valence-corrected chi connectivity index (χ0v) is 9.86. The van der Waals surface area contributed by atoms with Crippen LogP contribution in [0.2, 0.25) is 0 Å². The first-order valence-corrected chi connectivity index (χ1v) is 5.60. The SMILES string of the molecule is CCc1nc(CC)n(CC(=O)NCCN)n1. The molecule has 6 nitrogen and oxygen atoms in total. The molecular formula is C10H19N5O. The van der Waals surface area contributed by atoms with E-state index >= 15 is 0 Å². The number of carbonyl (C=O) groups is 1. The van der Waals surface area contributed by atoms with Crippen LogP contribution in [-0.2, 0) is 24.2 Å². The molecule has 0 radical (unpaired) electrons. The molecule has 3 N–H and O–H groups in total. The number of hydrogen-bond acceptors (Lipinski definition) is 4. The highest BCUT2D eigenvalue weighted by Gasteiger charge is 2.10. The maximum Gasteiger partial charge on any atom is 0.241 e. The van der Waals surface area contributed by atoms with Crippen molar-refractivity contribution in [2.24, 2.45) is 5.73 Å². The van der Waals surface area contributed by atoms with Gasteiger partial charge in [0.15, 0.2) is 5.82 Å². The molecule has 0 fully saturated rings. The minimum atomic E-state index is -0.0762. The molecule has 90 valence electrons. The van der Waals surface area contributed by atoms with Crippen LogP contribution in [0.1, 0.15) is 25.5 Å². The van der Waals surface area contributed by atoms with Gasteiger partial charge in [0.2, 0.25) is 5.91 Å². The van der Waals surface area contributed by atoms with Crippen LogP contribution >= 0.6 is 0 Å². The average molecular weight is 225 g/mol. The molecule has 0 saturated heterocycles. The Balaban J connectivity index is 2.64. The average Bonchev–Trinajstić information content (AvgIpc) is 2.68. The molecule has 0 saturated carbocycles. The number of aryl methyl sites for hydroxylation is 2. The maximum atomic E-state index is 11.5. The Morgan fingerprint density at radius 3 is 2.75 bits per heavy atom. The molecule has 0 bridgehead atoms. The van der Waals surface area contributed by atoms with Crippen LogP contribution < -0.4 is 11.1 Å². The highest BCUT2D eigenvalue weighted by atomic mass is 16.2. The number of carbonyl (C=O) groups excluding carboxylic acids is 1. The summed E-state index contributed by atoms with van der Waals surface area (Å²) >= 11 is 0.